The molecule has 2 aromatic heterocycles. The minimum atomic E-state index is -0.191. The molecular weight excluding hydrogens is 284 g/mol. The quantitative estimate of drug-likeness (QED) is 0.943. The maximum absolute atomic E-state index is 12.4. The number of hydrogen-bond acceptors (Lipinski definition) is 5. The fourth-order valence-electron chi connectivity index (χ4n) is 2.77. The zero-order valence-corrected chi connectivity index (χ0v) is 12.7. The maximum atomic E-state index is 12.4. The molecule has 0 radical (unpaired) electrons. The molecule has 6 heteroatoms. The van der Waals surface area contributed by atoms with E-state index in [1.54, 1.807) is 29.8 Å². The van der Waals surface area contributed by atoms with Crippen molar-refractivity contribution in [3.05, 3.63) is 40.8 Å². The average molecular weight is 302 g/mol. The molecule has 0 spiro atoms. The molecule has 1 N–H and O–H groups in total. The van der Waals surface area contributed by atoms with Crippen LogP contribution in [0.2, 0.25) is 0 Å². The molecule has 0 aliphatic carbocycles. The van der Waals surface area contributed by atoms with Gasteiger partial charge in [0.05, 0.1) is 6.04 Å². The molecule has 0 bridgehead atoms. The predicted octanol–water partition coefficient (Wildman–Crippen LogP) is 2.70. The molecule has 1 amide bonds. The largest absolute Gasteiger partial charge is 0.293 e. The lowest BCUT2D eigenvalue weighted by Gasteiger charge is -2.29. The van der Waals surface area contributed by atoms with Gasteiger partial charge in [0.25, 0.3) is 0 Å². The van der Waals surface area contributed by atoms with Gasteiger partial charge >= 0.3 is 0 Å². The second-order valence-electron chi connectivity index (χ2n) is 5.15. The molecule has 0 saturated carbocycles. The first-order chi connectivity index (χ1) is 10.3. The standard InChI is InChI=1S/C15H18N4OS/c1-11(14(20)18-15-16-7-4-8-17-15)19-9-2-5-12(19)13-6-3-10-21-13/h3-4,6-8,10-12H,2,5,9H2,1H3,(H,16,17,18,20)/t11-,12-/m1/s1. The van der Waals surface area contributed by atoms with Gasteiger partial charge in [-0.25, -0.2) is 9.97 Å². The van der Waals surface area contributed by atoms with E-state index in [0.29, 0.717) is 12.0 Å². The zero-order valence-electron chi connectivity index (χ0n) is 11.9. The van der Waals surface area contributed by atoms with Crippen LogP contribution in [0, 0.1) is 0 Å². The van der Waals surface area contributed by atoms with E-state index in [9.17, 15) is 4.79 Å². The predicted molar refractivity (Wildman–Crippen MR) is 83.1 cm³/mol. The van der Waals surface area contributed by atoms with Crippen LogP contribution in [0.5, 0.6) is 0 Å². The molecule has 2 atom stereocenters. The van der Waals surface area contributed by atoms with Gasteiger partial charge in [0.1, 0.15) is 0 Å². The van der Waals surface area contributed by atoms with Crippen molar-refractivity contribution in [2.75, 3.05) is 11.9 Å². The number of hydrogen-bond donors (Lipinski definition) is 1. The summed E-state index contributed by atoms with van der Waals surface area (Å²) in [4.78, 5) is 24.1. The van der Waals surface area contributed by atoms with Crippen molar-refractivity contribution in [2.45, 2.75) is 31.8 Å². The second-order valence-corrected chi connectivity index (χ2v) is 6.13. The van der Waals surface area contributed by atoms with Gasteiger partial charge < -0.3 is 0 Å². The molecule has 1 fully saturated rings. The molecule has 2 aromatic rings. The topological polar surface area (TPSA) is 58.1 Å². The van der Waals surface area contributed by atoms with E-state index in [0.717, 1.165) is 19.4 Å². The van der Waals surface area contributed by atoms with E-state index in [4.69, 9.17) is 0 Å². The number of thiophene rings is 1. The van der Waals surface area contributed by atoms with Crippen molar-refractivity contribution in [3.63, 3.8) is 0 Å². The number of likely N-dealkylation sites (tertiary alicyclic amines) is 1. The molecular formula is C15H18N4OS. The molecule has 1 aliphatic heterocycles. The van der Waals surface area contributed by atoms with Crippen molar-refractivity contribution < 1.29 is 4.79 Å². The Morgan fingerprint density at radius 1 is 1.43 bits per heavy atom. The van der Waals surface area contributed by atoms with Crippen LogP contribution in [0.1, 0.15) is 30.7 Å². The van der Waals surface area contributed by atoms with Crippen molar-refractivity contribution in [3.8, 4) is 0 Å². The highest BCUT2D eigenvalue weighted by Crippen LogP contribution is 2.35. The first-order valence-electron chi connectivity index (χ1n) is 7.13. The highest BCUT2D eigenvalue weighted by Gasteiger charge is 2.33. The van der Waals surface area contributed by atoms with Crippen molar-refractivity contribution in [1.82, 2.24) is 14.9 Å². The van der Waals surface area contributed by atoms with Crippen LogP contribution in [0.4, 0.5) is 5.95 Å². The molecule has 1 aliphatic rings. The minimum Gasteiger partial charge on any atom is -0.293 e. The van der Waals surface area contributed by atoms with Gasteiger partial charge in [0.2, 0.25) is 11.9 Å². The summed E-state index contributed by atoms with van der Waals surface area (Å²) in [5, 5.41) is 4.88. The van der Waals surface area contributed by atoms with Crippen LogP contribution < -0.4 is 5.32 Å². The van der Waals surface area contributed by atoms with Crippen LogP contribution in [0.25, 0.3) is 0 Å². The van der Waals surface area contributed by atoms with Crippen LogP contribution in [0.3, 0.4) is 0 Å². The number of amides is 1. The molecule has 0 aromatic carbocycles. The van der Waals surface area contributed by atoms with Crippen molar-refractivity contribution in [2.24, 2.45) is 0 Å². The fraction of sp³-hybridized carbons (Fsp3) is 0.400. The number of carbonyl (C=O) groups excluding carboxylic acids is 1. The van der Waals surface area contributed by atoms with Gasteiger partial charge in [0, 0.05) is 23.3 Å². The summed E-state index contributed by atoms with van der Waals surface area (Å²) in [5.74, 6) is 0.311. The number of nitrogens with zero attached hydrogens (tertiary/aromatic N) is 3. The van der Waals surface area contributed by atoms with Gasteiger partial charge in [0.15, 0.2) is 0 Å². The maximum Gasteiger partial charge on any atom is 0.243 e. The lowest BCUT2D eigenvalue weighted by molar-refractivity contribution is -0.121. The first kappa shape index (κ1) is 14.2. The van der Waals surface area contributed by atoms with E-state index in [-0.39, 0.29) is 11.9 Å². The molecule has 5 nitrogen and oxygen atoms in total. The summed E-state index contributed by atoms with van der Waals surface area (Å²) in [6.45, 7) is 2.90. The Labute approximate surface area is 128 Å². The summed E-state index contributed by atoms with van der Waals surface area (Å²) in [6, 6.07) is 6.11. The van der Waals surface area contributed by atoms with E-state index >= 15 is 0 Å². The van der Waals surface area contributed by atoms with E-state index in [2.05, 4.69) is 37.7 Å². The summed E-state index contributed by atoms with van der Waals surface area (Å²) in [7, 11) is 0. The lowest BCUT2D eigenvalue weighted by Crippen LogP contribution is -2.41. The summed E-state index contributed by atoms with van der Waals surface area (Å²) >= 11 is 1.76. The number of carbonyl (C=O) groups is 1. The molecule has 1 saturated heterocycles. The summed E-state index contributed by atoms with van der Waals surface area (Å²) in [6.07, 6.45) is 5.48. The SMILES string of the molecule is C[C@H](C(=O)Nc1ncccn1)N1CCC[C@@H]1c1cccs1. The Kier molecular flexibility index (Phi) is 4.26. The number of aromatic nitrogens is 2. The summed E-state index contributed by atoms with van der Waals surface area (Å²) < 4.78 is 0. The number of anilines is 1. The molecule has 3 heterocycles. The third kappa shape index (κ3) is 3.11. The molecule has 21 heavy (non-hydrogen) atoms. The van der Waals surface area contributed by atoms with E-state index in [1.165, 1.54) is 4.88 Å². The van der Waals surface area contributed by atoms with E-state index < -0.39 is 0 Å². The van der Waals surface area contributed by atoms with Crippen LogP contribution in [-0.4, -0.2) is 33.4 Å². The molecule has 110 valence electrons. The van der Waals surface area contributed by atoms with Crippen LogP contribution in [-0.2, 0) is 4.79 Å². The monoisotopic (exact) mass is 302 g/mol. The smallest absolute Gasteiger partial charge is 0.243 e. The third-order valence-corrected chi connectivity index (χ3v) is 4.82. The Morgan fingerprint density at radius 3 is 2.95 bits per heavy atom. The van der Waals surface area contributed by atoms with Crippen LogP contribution in [0.15, 0.2) is 36.0 Å². The number of rotatable bonds is 4. The van der Waals surface area contributed by atoms with Crippen LogP contribution >= 0.6 is 11.3 Å². The van der Waals surface area contributed by atoms with Gasteiger partial charge in [-0.05, 0) is 43.8 Å². The van der Waals surface area contributed by atoms with Gasteiger partial charge in [-0.15, -0.1) is 11.3 Å². The highest BCUT2D eigenvalue weighted by atomic mass is 32.1. The van der Waals surface area contributed by atoms with Crippen molar-refractivity contribution >= 4 is 23.2 Å². The zero-order chi connectivity index (χ0) is 14.7. The Bertz CT molecular complexity index is 587. The third-order valence-electron chi connectivity index (χ3n) is 3.84. The van der Waals surface area contributed by atoms with Crippen molar-refractivity contribution in [1.29, 1.82) is 0 Å². The normalized spacial score (nSPS) is 20.3. The highest BCUT2D eigenvalue weighted by molar-refractivity contribution is 7.10. The average Bonchev–Trinajstić information content (AvgIpc) is 3.18. The second kappa shape index (κ2) is 6.32. The lowest BCUT2D eigenvalue weighted by atomic mass is 10.1. The molecule has 3 rings (SSSR count). The molecule has 0 unspecified atom stereocenters. The Balaban J connectivity index is 1.69. The van der Waals surface area contributed by atoms with Gasteiger partial charge in [-0.3, -0.25) is 15.0 Å². The first-order valence-corrected chi connectivity index (χ1v) is 8.00. The van der Waals surface area contributed by atoms with E-state index in [1.807, 2.05) is 6.92 Å². The van der Waals surface area contributed by atoms with Gasteiger partial charge in [-0.2, -0.15) is 0 Å². The summed E-state index contributed by atoms with van der Waals surface area (Å²) in [5.41, 5.74) is 0. The Hall–Kier alpha value is -1.79. The number of nitrogens with one attached hydrogen (secondary N) is 1. The Morgan fingerprint density at radius 2 is 2.24 bits per heavy atom. The van der Waals surface area contributed by atoms with Gasteiger partial charge in [-0.1, -0.05) is 6.07 Å². The minimum absolute atomic E-state index is 0.0512. The fourth-order valence-corrected chi connectivity index (χ4v) is 3.65.